The van der Waals surface area contributed by atoms with E-state index in [2.05, 4.69) is 67.7 Å². The molecule has 0 radical (unpaired) electrons. The molecule has 0 aromatic rings. The van der Waals surface area contributed by atoms with Gasteiger partial charge >= 0.3 is 0 Å². The first-order valence-corrected chi connectivity index (χ1v) is 15.0. The molecule has 0 heterocycles. The molecule has 0 spiro atoms. The van der Waals surface area contributed by atoms with Gasteiger partial charge in [0.1, 0.15) is 0 Å². The Balaban J connectivity index is 0. The van der Waals surface area contributed by atoms with E-state index in [9.17, 15) is 0 Å². The lowest BCUT2D eigenvalue weighted by atomic mass is 10.2. The van der Waals surface area contributed by atoms with E-state index < -0.39 is 16.6 Å². The van der Waals surface area contributed by atoms with Crippen LogP contribution in [0.25, 0.3) is 0 Å². The minimum atomic E-state index is -1.59. The molecule has 0 fully saturated rings. The van der Waals surface area contributed by atoms with Crippen molar-refractivity contribution in [3.05, 3.63) is 0 Å². The summed E-state index contributed by atoms with van der Waals surface area (Å²) in [7, 11) is -3.18. The zero-order valence-electron chi connectivity index (χ0n) is 18.4. The number of ether oxygens (including phenoxy) is 2. The highest BCUT2D eigenvalue weighted by Gasteiger charge is 2.46. The number of aliphatic hydroxyl groups excluding tert-OH is 2. The molecule has 0 aliphatic carbocycles. The van der Waals surface area contributed by atoms with E-state index in [-0.39, 0.29) is 13.2 Å². The third-order valence-corrected chi connectivity index (χ3v) is 16.3. The van der Waals surface area contributed by atoms with Gasteiger partial charge < -0.3 is 23.8 Å². The summed E-state index contributed by atoms with van der Waals surface area (Å²) in [5, 5.41) is 17.2. The molecule has 5 nitrogen and oxygen atoms in total. The first kappa shape index (κ1) is 27.5. The van der Waals surface area contributed by atoms with Crippen LogP contribution in [-0.2, 0) is 13.6 Å². The van der Waals surface area contributed by atoms with E-state index in [1.165, 1.54) is 0 Å². The van der Waals surface area contributed by atoms with E-state index in [0.29, 0.717) is 36.5 Å². The van der Waals surface area contributed by atoms with Gasteiger partial charge in [-0.2, -0.15) is 0 Å². The third kappa shape index (κ3) is 12.3. The summed E-state index contributed by atoms with van der Waals surface area (Å²) in [5.41, 5.74) is 0. The van der Waals surface area contributed by atoms with Gasteiger partial charge in [-0.25, -0.2) is 0 Å². The minimum Gasteiger partial charge on any atom is -0.455 e. The van der Waals surface area contributed by atoms with Gasteiger partial charge in [0.2, 0.25) is 0 Å². The quantitative estimate of drug-likeness (QED) is 0.455. The van der Waals surface area contributed by atoms with Crippen LogP contribution in [0.3, 0.4) is 0 Å². The molecule has 7 heteroatoms. The standard InChI is InChI=1S/C12H30OSi2.C6H14O4/c1-11(2,3)14(7,8)13-15(9,10)12(4,5)6;7-1-3-9-5-6-10-4-2-8/h1-10H3;7-8H,1-6H2. The molecule has 0 aromatic carbocycles. The van der Waals surface area contributed by atoms with Crippen LogP contribution in [0.2, 0.25) is 36.3 Å². The summed E-state index contributed by atoms with van der Waals surface area (Å²) < 4.78 is 16.4. The maximum Gasteiger partial charge on any atom is 0.178 e. The van der Waals surface area contributed by atoms with Crippen molar-refractivity contribution in [1.29, 1.82) is 0 Å². The minimum absolute atomic E-state index is 0.0417. The van der Waals surface area contributed by atoms with Crippen molar-refractivity contribution in [3.63, 3.8) is 0 Å². The first-order chi connectivity index (χ1) is 11.1. The van der Waals surface area contributed by atoms with Crippen LogP contribution < -0.4 is 0 Å². The van der Waals surface area contributed by atoms with E-state index in [1.54, 1.807) is 0 Å². The Kier molecular flexibility index (Phi) is 13.0. The molecule has 0 aliphatic heterocycles. The van der Waals surface area contributed by atoms with Crippen LogP contribution in [0.1, 0.15) is 41.5 Å². The topological polar surface area (TPSA) is 68.2 Å². The monoisotopic (exact) mass is 396 g/mol. The maximum absolute atomic E-state index is 8.26. The van der Waals surface area contributed by atoms with E-state index >= 15 is 0 Å². The molecular weight excluding hydrogens is 352 g/mol. The summed E-state index contributed by atoms with van der Waals surface area (Å²) in [4.78, 5) is 0. The predicted octanol–water partition coefficient (Wildman–Crippen LogP) is 4.02. The van der Waals surface area contributed by atoms with E-state index in [0.717, 1.165) is 0 Å². The maximum atomic E-state index is 8.26. The van der Waals surface area contributed by atoms with Crippen LogP contribution >= 0.6 is 0 Å². The van der Waals surface area contributed by atoms with Gasteiger partial charge in [-0.05, 0) is 36.3 Å². The molecule has 25 heavy (non-hydrogen) atoms. The summed E-state index contributed by atoms with van der Waals surface area (Å²) in [6.45, 7) is 25.0. The lowest BCUT2D eigenvalue weighted by Crippen LogP contribution is -2.53. The van der Waals surface area contributed by atoms with Gasteiger partial charge in [-0.3, -0.25) is 0 Å². The third-order valence-electron chi connectivity index (χ3n) is 4.97. The van der Waals surface area contributed by atoms with Crippen molar-refractivity contribution < 1.29 is 23.8 Å². The molecule has 0 atom stereocenters. The summed E-state index contributed by atoms with van der Waals surface area (Å²) in [6, 6.07) is 0. The normalized spacial score (nSPS) is 13.4. The smallest absolute Gasteiger partial charge is 0.178 e. The SMILES string of the molecule is CC(C)(C)[Si](C)(C)O[Si](C)(C)C(C)(C)C.OCCOCCOCCO. The Morgan fingerprint density at radius 1 is 0.600 bits per heavy atom. The van der Waals surface area contributed by atoms with Crippen LogP contribution in [0.5, 0.6) is 0 Å². The summed E-state index contributed by atoms with van der Waals surface area (Å²) >= 11 is 0. The van der Waals surface area contributed by atoms with Crippen molar-refractivity contribution in [2.45, 2.75) is 77.8 Å². The first-order valence-electron chi connectivity index (χ1n) is 9.20. The molecule has 154 valence electrons. The number of hydrogen-bond acceptors (Lipinski definition) is 5. The van der Waals surface area contributed by atoms with Gasteiger partial charge in [0.25, 0.3) is 0 Å². The van der Waals surface area contributed by atoms with Crippen LogP contribution in [0.15, 0.2) is 0 Å². The Hall–Kier alpha value is 0.234. The average Bonchev–Trinajstić information content (AvgIpc) is 2.40. The Morgan fingerprint density at radius 3 is 1.08 bits per heavy atom. The van der Waals surface area contributed by atoms with Gasteiger partial charge in [0.05, 0.1) is 39.6 Å². The Morgan fingerprint density at radius 2 is 0.880 bits per heavy atom. The molecule has 0 aliphatic rings. The molecule has 0 amide bonds. The average molecular weight is 397 g/mol. The van der Waals surface area contributed by atoms with Gasteiger partial charge in [-0.1, -0.05) is 41.5 Å². The van der Waals surface area contributed by atoms with Crippen molar-refractivity contribution in [1.82, 2.24) is 0 Å². The molecule has 2 N–H and O–H groups in total. The van der Waals surface area contributed by atoms with Crippen molar-refractivity contribution >= 4 is 16.6 Å². The largest absolute Gasteiger partial charge is 0.455 e. The molecule has 0 unspecified atom stereocenters. The van der Waals surface area contributed by atoms with Crippen LogP contribution in [-0.4, -0.2) is 66.5 Å². The highest BCUT2D eigenvalue weighted by Crippen LogP contribution is 2.44. The fourth-order valence-corrected chi connectivity index (χ4v) is 8.95. The highest BCUT2D eigenvalue weighted by molar-refractivity contribution is 6.87. The molecule has 0 saturated carbocycles. The van der Waals surface area contributed by atoms with E-state index in [1.807, 2.05) is 0 Å². The second-order valence-corrected chi connectivity index (χ2v) is 19.2. The molecule has 0 bridgehead atoms. The second kappa shape index (κ2) is 11.8. The van der Waals surface area contributed by atoms with Gasteiger partial charge in [0, 0.05) is 0 Å². The Bertz CT molecular complexity index is 301. The fourth-order valence-electron chi connectivity index (χ4n) is 1.40. The number of aliphatic hydroxyl groups is 2. The Labute approximate surface area is 158 Å². The van der Waals surface area contributed by atoms with Crippen molar-refractivity contribution in [2.75, 3.05) is 39.6 Å². The van der Waals surface area contributed by atoms with Crippen molar-refractivity contribution in [3.8, 4) is 0 Å². The fraction of sp³-hybridized carbons (Fsp3) is 1.00. The lowest BCUT2D eigenvalue weighted by molar-refractivity contribution is 0.0222. The summed E-state index contributed by atoms with van der Waals surface area (Å²) in [6.07, 6.45) is 0. The lowest BCUT2D eigenvalue weighted by Gasteiger charge is -2.47. The number of rotatable bonds is 9. The van der Waals surface area contributed by atoms with Crippen molar-refractivity contribution in [2.24, 2.45) is 0 Å². The predicted molar refractivity (Wildman–Crippen MR) is 111 cm³/mol. The highest BCUT2D eigenvalue weighted by atomic mass is 28.4. The molecule has 0 aromatic heterocycles. The zero-order chi connectivity index (χ0) is 20.4. The number of hydrogen-bond donors (Lipinski definition) is 2. The second-order valence-electron chi connectivity index (χ2n) is 9.29. The molecule has 0 saturated heterocycles. The summed E-state index contributed by atoms with van der Waals surface area (Å²) in [5.74, 6) is 0. The van der Waals surface area contributed by atoms with Crippen LogP contribution in [0, 0.1) is 0 Å². The van der Waals surface area contributed by atoms with Gasteiger partial charge in [-0.15, -0.1) is 0 Å². The molecule has 0 rings (SSSR count). The molecular formula is C18H44O5Si2. The van der Waals surface area contributed by atoms with Gasteiger partial charge in [0.15, 0.2) is 16.6 Å². The zero-order valence-corrected chi connectivity index (χ0v) is 20.4. The van der Waals surface area contributed by atoms with Crippen LogP contribution in [0.4, 0.5) is 0 Å². The van der Waals surface area contributed by atoms with E-state index in [4.69, 9.17) is 23.8 Å².